The van der Waals surface area contributed by atoms with Crippen molar-refractivity contribution >= 4 is 51.6 Å². The number of nitrogens with zero attached hydrogens (tertiary/aromatic N) is 5. The molecule has 0 bridgehead atoms. The van der Waals surface area contributed by atoms with E-state index in [1.54, 1.807) is 18.5 Å². The number of pyridine rings is 1. The number of ether oxygens (including phenoxy) is 1. The van der Waals surface area contributed by atoms with Crippen molar-refractivity contribution in [2.45, 2.75) is 6.92 Å². The van der Waals surface area contributed by atoms with Gasteiger partial charge in [-0.1, -0.05) is 35.3 Å². The molecule has 0 atom stereocenters. The van der Waals surface area contributed by atoms with Crippen molar-refractivity contribution in [3.8, 4) is 11.3 Å². The van der Waals surface area contributed by atoms with Crippen molar-refractivity contribution in [3.63, 3.8) is 0 Å². The molecule has 0 spiro atoms. The normalized spacial score (nSPS) is 15.0. The molecule has 1 saturated heterocycles. The van der Waals surface area contributed by atoms with Gasteiger partial charge in [-0.25, -0.2) is 9.67 Å². The first-order chi connectivity index (χ1) is 17.1. The lowest BCUT2D eigenvalue weighted by atomic mass is 10.1. The maximum absolute atomic E-state index is 6.55. The van der Waals surface area contributed by atoms with Crippen LogP contribution in [-0.4, -0.2) is 41.7 Å². The minimum atomic E-state index is 0.555. The van der Waals surface area contributed by atoms with Crippen LogP contribution in [0.3, 0.4) is 0 Å². The third-order valence-electron chi connectivity index (χ3n) is 5.67. The minimum absolute atomic E-state index is 0.555. The summed E-state index contributed by atoms with van der Waals surface area (Å²) < 4.78 is 7.30. The lowest BCUT2D eigenvalue weighted by Gasteiger charge is -2.28. The Kier molecular flexibility index (Phi) is 7.29. The predicted octanol–water partition coefficient (Wildman–Crippen LogP) is 6.26. The summed E-state index contributed by atoms with van der Waals surface area (Å²) in [5.41, 5.74) is 5.49. The van der Waals surface area contributed by atoms with E-state index in [2.05, 4.69) is 34.1 Å². The Morgan fingerprint density at radius 1 is 1.06 bits per heavy atom. The van der Waals surface area contributed by atoms with Gasteiger partial charge in [0.15, 0.2) is 0 Å². The van der Waals surface area contributed by atoms with Crippen LogP contribution in [0.5, 0.6) is 0 Å². The lowest BCUT2D eigenvalue weighted by Crippen LogP contribution is -2.36. The van der Waals surface area contributed by atoms with E-state index in [1.165, 1.54) is 17.0 Å². The zero-order chi connectivity index (χ0) is 24.2. The van der Waals surface area contributed by atoms with E-state index in [-0.39, 0.29) is 0 Å². The molecule has 3 heterocycles. The Morgan fingerprint density at radius 3 is 2.57 bits per heavy atom. The SMILES string of the molecule is CC(=Nn1c(-c2ccc(Cl)cc2Cl)csc1=Nc1cccnc1)c1ccc(N2CCOCC2)cc1. The lowest BCUT2D eigenvalue weighted by molar-refractivity contribution is 0.122. The molecule has 4 aromatic rings. The zero-order valence-corrected chi connectivity index (χ0v) is 21.4. The molecule has 9 heteroatoms. The van der Waals surface area contributed by atoms with Gasteiger partial charge in [-0.3, -0.25) is 4.98 Å². The summed E-state index contributed by atoms with van der Waals surface area (Å²) in [5.74, 6) is 0. The van der Waals surface area contributed by atoms with Gasteiger partial charge in [0, 0.05) is 40.9 Å². The third-order valence-corrected chi connectivity index (χ3v) is 7.04. The second kappa shape index (κ2) is 10.7. The van der Waals surface area contributed by atoms with Crippen LogP contribution in [0, 0.1) is 0 Å². The Labute approximate surface area is 217 Å². The van der Waals surface area contributed by atoms with Gasteiger partial charge < -0.3 is 9.64 Å². The highest BCUT2D eigenvalue weighted by Crippen LogP contribution is 2.31. The number of rotatable bonds is 5. The first kappa shape index (κ1) is 23.8. The molecule has 2 aromatic carbocycles. The fourth-order valence-electron chi connectivity index (χ4n) is 3.83. The molecule has 5 rings (SSSR count). The van der Waals surface area contributed by atoms with Crippen LogP contribution < -0.4 is 9.70 Å². The van der Waals surface area contributed by atoms with Crippen molar-refractivity contribution < 1.29 is 4.74 Å². The topological polar surface area (TPSA) is 55.0 Å². The molecule has 1 aliphatic rings. The molecule has 0 unspecified atom stereocenters. The van der Waals surface area contributed by atoms with Gasteiger partial charge in [0.25, 0.3) is 0 Å². The van der Waals surface area contributed by atoms with Crippen LogP contribution in [0.15, 0.2) is 82.5 Å². The van der Waals surface area contributed by atoms with E-state index in [0.717, 1.165) is 54.5 Å². The van der Waals surface area contributed by atoms with E-state index < -0.39 is 0 Å². The number of aromatic nitrogens is 2. The second-order valence-electron chi connectivity index (χ2n) is 7.99. The van der Waals surface area contributed by atoms with E-state index >= 15 is 0 Å². The van der Waals surface area contributed by atoms with Crippen molar-refractivity contribution in [2.75, 3.05) is 31.2 Å². The summed E-state index contributed by atoms with van der Waals surface area (Å²) in [6.45, 7) is 5.32. The largest absolute Gasteiger partial charge is 0.378 e. The summed E-state index contributed by atoms with van der Waals surface area (Å²) in [7, 11) is 0. The minimum Gasteiger partial charge on any atom is -0.378 e. The number of halogens is 2. The zero-order valence-electron chi connectivity index (χ0n) is 19.1. The predicted molar refractivity (Wildman–Crippen MR) is 144 cm³/mol. The summed E-state index contributed by atoms with van der Waals surface area (Å²) in [6.07, 6.45) is 3.45. The van der Waals surface area contributed by atoms with Crippen LogP contribution in [-0.2, 0) is 4.74 Å². The van der Waals surface area contributed by atoms with Crippen molar-refractivity contribution in [2.24, 2.45) is 10.1 Å². The van der Waals surface area contributed by atoms with Crippen molar-refractivity contribution in [3.05, 3.63) is 92.8 Å². The van der Waals surface area contributed by atoms with Gasteiger partial charge in [0.2, 0.25) is 4.80 Å². The quantitative estimate of drug-likeness (QED) is 0.290. The second-order valence-corrected chi connectivity index (χ2v) is 9.67. The van der Waals surface area contributed by atoms with Crippen LogP contribution >= 0.6 is 34.5 Å². The Balaban J connectivity index is 1.56. The Morgan fingerprint density at radius 2 is 1.86 bits per heavy atom. The molecule has 0 amide bonds. The molecule has 0 saturated carbocycles. The summed E-state index contributed by atoms with van der Waals surface area (Å²) in [4.78, 5) is 12.0. The van der Waals surface area contributed by atoms with E-state index in [1.807, 2.05) is 41.2 Å². The average molecular weight is 524 g/mol. The molecule has 0 aliphatic carbocycles. The Bertz CT molecular complexity index is 1410. The van der Waals surface area contributed by atoms with Crippen LogP contribution in [0.2, 0.25) is 10.0 Å². The number of benzene rings is 2. The summed E-state index contributed by atoms with van der Waals surface area (Å²) in [6, 6.07) is 17.7. The van der Waals surface area contributed by atoms with E-state index in [4.69, 9.17) is 38.0 Å². The molecule has 178 valence electrons. The monoisotopic (exact) mass is 523 g/mol. The fraction of sp³-hybridized carbons (Fsp3) is 0.192. The van der Waals surface area contributed by atoms with Crippen molar-refractivity contribution in [1.29, 1.82) is 0 Å². The van der Waals surface area contributed by atoms with Gasteiger partial charge in [0.05, 0.1) is 41.5 Å². The maximum Gasteiger partial charge on any atom is 0.211 e. The molecular weight excluding hydrogens is 501 g/mol. The maximum atomic E-state index is 6.55. The van der Waals surface area contributed by atoms with E-state index in [9.17, 15) is 0 Å². The van der Waals surface area contributed by atoms with Crippen LogP contribution in [0.4, 0.5) is 11.4 Å². The molecule has 35 heavy (non-hydrogen) atoms. The standard InChI is InChI=1S/C26H23Cl2N5OS/c1-18(19-4-7-22(8-5-19)32-11-13-34-14-12-32)31-33-25(23-9-6-20(27)15-24(23)28)17-35-26(33)30-21-3-2-10-29-16-21/h2-10,15-17H,11-14H2,1H3. The highest BCUT2D eigenvalue weighted by Gasteiger charge is 2.14. The summed E-state index contributed by atoms with van der Waals surface area (Å²) in [5, 5.41) is 8.11. The molecule has 6 nitrogen and oxygen atoms in total. The smallest absolute Gasteiger partial charge is 0.211 e. The van der Waals surface area contributed by atoms with Gasteiger partial charge in [-0.15, -0.1) is 11.3 Å². The third kappa shape index (κ3) is 5.49. The summed E-state index contributed by atoms with van der Waals surface area (Å²) >= 11 is 14.2. The highest BCUT2D eigenvalue weighted by molar-refractivity contribution is 7.07. The van der Waals surface area contributed by atoms with Gasteiger partial charge in [0.1, 0.15) is 0 Å². The van der Waals surface area contributed by atoms with Crippen LogP contribution in [0.25, 0.3) is 11.3 Å². The number of thiazole rings is 1. The number of morpholine rings is 1. The number of anilines is 1. The van der Waals surface area contributed by atoms with Gasteiger partial charge in [-0.2, -0.15) is 5.10 Å². The number of hydrogen-bond donors (Lipinski definition) is 0. The molecular formula is C26H23Cl2N5OS. The highest BCUT2D eigenvalue weighted by atomic mass is 35.5. The Hall–Kier alpha value is -2.97. The van der Waals surface area contributed by atoms with Gasteiger partial charge in [-0.05, 0) is 55.0 Å². The van der Waals surface area contributed by atoms with Crippen LogP contribution in [0.1, 0.15) is 12.5 Å². The first-order valence-corrected chi connectivity index (χ1v) is 12.8. The molecule has 1 aliphatic heterocycles. The average Bonchev–Trinajstić information content (AvgIpc) is 3.26. The molecule has 1 fully saturated rings. The first-order valence-electron chi connectivity index (χ1n) is 11.2. The molecule has 0 radical (unpaired) electrons. The van der Waals surface area contributed by atoms with E-state index in [0.29, 0.717) is 14.8 Å². The van der Waals surface area contributed by atoms with Crippen molar-refractivity contribution in [1.82, 2.24) is 9.66 Å². The molecule has 0 N–H and O–H groups in total. The van der Waals surface area contributed by atoms with Gasteiger partial charge >= 0.3 is 0 Å². The fourth-order valence-corrected chi connectivity index (χ4v) is 5.18. The molecule has 2 aromatic heterocycles. The number of hydrogen-bond acceptors (Lipinski definition) is 6.